The molecule has 0 aliphatic rings. The normalized spacial score (nSPS) is 12.0. The van der Waals surface area contributed by atoms with Gasteiger partial charge in [-0.3, -0.25) is 0 Å². The predicted octanol–water partition coefficient (Wildman–Crippen LogP) is 2.27. The Hall–Kier alpha value is -0.790. The number of nitrogens with zero attached hydrogens (tertiary/aromatic N) is 1. The Balaban J connectivity index is 2.89. The van der Waals surface area contributed by atoms with Gasteiger partial charge in [0, 0.05) is 23.7 Å². The monoisotopic (exact) mass is 152 g/mol. The molecule has 0 aliphatic carbocycles. The first-order valence-electron chi connectivity index (χ1n) is 4.08. The number of nitrogens with one attached hydrogen (secondary N) is 1. The quantitative estimate of drug-likeness (QED) is 0.657. The molecule has 62 valence electrons. The van der Waals surface area contributed by atoms with E-state index in [1.165, 1.54) is 5.69 Å². The molecule has 0 atom stereocenters. The predicted molar refractivity (Wildman–Crippen MR) is 46.7 cm³/mol. The van der Waals surface area contributed by atoms with Crippen LogP contribution >= 0.6 is 0 Å². The van der Waals surface area contributed by atoms with E-state index in [1.807, 2.05) is 6.20 Å². The van der Waals surface area contributed by atoms with Crippen molar-refractivity contribution in [1.29, 1.82) is 0 Å². The Morgan fingerprint density at radius 1 is 1.45 bits per heavy atom. The van der Waals surface area contributed by atoms with Gasteiger partial charge < -0.3 is 4.98 Å². The lowest BCUT2D eigenvalue weighted by Gasteiger charge is -2.14. The molecule has 11 heavy (non-hydrogen) atoms. The van der Waals surface area contributed by atoms with Crippen LogP contribution in [-0.2, 0) is 11.8 Å². The maximum Gasteiger partial charge on any atom is 0.105 e. The third-order valence-electron chi connectivity index (χ3n) is 1.77. The average Bonchev–Trinajstić information content (AvgIpc) is 2.32. The number of rotatable bonds is 1. The number of aryl methyl sites for hydroxylation is 1. The summed E-state index contributed by atoms with van der Waals surface area (Å²) in [6.07, 6.45) is 2.91. The van der Waals surface area contributed by atoms with E-state index in [2.05, 4.69) is 37.7 Å². The largest absolute Gasteiger partial charge is 0.345 e. The fourth-order valence-electron chi connectivity index (χ4n) is 0.923. The summed E-state index contributed by atoms with van der Waals surface area (Å²) >= 11 is 0. The van der Waals surface area contributed by atoms with Gasteiger partial charge in [0.15, 0.2) is 0 Å². The Kier molecular flexibility index (Phi) is 2.03. The zero-order valence-electron chi connectivity index (χ0n) is 7.73. The van der Waals surface area contributed by atoms with Gasteiger partial charge in [-0.25, -0.2) is 4.98 Å². The van der Waals surface area contributed by atoms with Gasteiger partial charge in [0.1, 0.15) is 5.82 Å². The zero-order chi connectivity index (χ0) is 8.48. The number of hydrogen-bond acceptors (Lipinski definition) is 1. The number of aromatic nitrogens is 2. The van der Waals surface area contributed by atoms with Crippen LogP contribution in [0.4, 0.5) is 0 Å². The van der Waals surface area contributed by atoms with Crippen molar-refractivity contribution in [3.05, 3.63) is 17.7 Å². The summed E-state index contributed by atoms with van der Waals surface area (Å²) in [6, 6.07) is 0. The first kappa shape index (κ1) is 8.31. The highest BCUT2D eigenvalue weighted by Gasteiger charge is 2.15. The maximum absolute atomic E-state index is 4.25. The molecule has 0 bridgehead atoms. The van der Waals surface area contributed by atoms with E-state index in [0.717, 1.165) is 12.2 Å². The molecule has 1 rings (SSSR count). The van der Waals surface area contributed by atoms with Crippen molar-refractivity contribution in [3.8, 4) is 0 Å². The third-order valence-corrected chi connectivity index (χ3v) is 1.77. The molecular formula is C9H16N2. The van der Waals surface area contributed by atoms with Crippen molar-refractivity contribution >= 4 is 0 Å². The second kappa shape index (κ2) is 2.68. The molecule has 1 heterocycles. The Morgan fingerprint density at radius 2 is 2.09 bits per heavy atom. The molecule has 0 spiro atoms. The van der Waals surface area contributed by atoms with Gasteiger partial charge in [-0.1, -0.05) is 27.7 Å². The lowest BCUT2D eigenvalue weighted by Crippen LogP contribution is -2.11. The summed E-state index contributed by atoms with van der Waals surface area (Å²) in [7, 11) is 0. The van der Waals surface area contributed by atoms with Crippen molar-refractivity contribution in [2.24, 2.45) is 0 Å². The van der Waals surface area contributed by atoms with Crippen molar-refractivity contribution in [2.75, 3.05) is 0 Å². The lowest BCUT2D eigenvalue weighted by molar-refractivity contribution is 0.571. The first-order chi connectivity index (χ1) is 5.04. The SMILES string of the molecule is CCc1ncc(C(C)(C)C)[nH]1. The van der Waals surface area contributed by atoms with Gasteiger partial charge in [-0.2, -0.15) is 0 Å². The van der Waals surface area contributed by atoms with Crippen LogP contribution in [0.3, 0.4) is 0 Å². The van der Waals surface area contributed by atoms with E-state index in [-0.39, 0.29) is 5.41 Å². The lowest BCUT2D eigenvalue weighted by atomic mass is 9.93. The summed E-state index contributed by atoms with van der Waals surface area (Å²) in [5, 5.41) is 0. The Morgan fingerprint density at radius 3 is 2.36 bits per heavy atom. The third kappa shape index (κ3) is 1.82. The van der Waals surface area contributed by atoms with Crippen molar-refractivity contribution in [3.63, 3.8) is 0 Å². The van der Waals surface area contributed by atoms with E-state index < -0.39 is 0 Å². The topological polar surface area (TPSA) is 28.7 Å². The molecule has 0 saturated heterocycles. The molecule has 1 N–H and O–H groups in total. The minimum Gasteiger partial charge on any atom is -0.345 e. The first-order valence-corrected chi connectivity index (χ1v) is 4.08. The summed E-state index contributed by atoms with van der Waals surface area (Å²) in [5.41, 5.74) is 1.41. The number of H-pyrrole nitrogens is 1. The molecule has 0 amide bonds. The maximum atomic E-state index is 4.25. The van der Waals surface area contributed by atoms with E-state index in [9.17, 15) is 0 Å². The number of hydrogen-bond donors (Lipinski definition) is 1. The van der Waals surface area contributed by atoms with Gasteiger partial charge in [0.25, 0.3) is 0 Å². The number of imidazole rings is 1. The fourth-order valence-corrected chi connectivity index (χ4v) is 0.923. The smallest absolute Gasteiger partial charge is 0.105 e. The second-order valence-electron chi connectivity index (χ2n) is 3.85. The van der Waals surface area contributed by atoms with Gasteiger partial charge in [0.05, 0.1) is 0 Å². The van der Waals surface area contributed by atoms with E-state index in [1.54, 1.807) is 0 Å². The van der Waals surface area contributed by atoms with Gasteiger partial charge in [0.2, 0.25) is 0 Å². The molecule has 0 aliphatic heterocycles. The molecule has 2 nitrogen and oxygen atoms in total. The summed E-state index contributed by atoms with van der Waals surface area (Å²) in [4.78, 5) is 7.54. The van der Waals surface area contributed by atoms with Crippen molar-refractivity contribution in [1.82, 2.24) is 9.97 Å². The van der Waals surface area contributed by atoms with Crippen LogP contribution in [0.2, 0.25) is 0 Å². The summed E-state index contributed by atoms with van der Waals surface area (Å²) < 4.78 is 0. The standard InChI is InChI=1S/C9H16N2/c1-5-8-10-6-7(11-8)9(2,3)4/h6H,5H2,1-4H3,(H,10,11). The van der Waals surface area contributed by atoms with E-state index in [4.69, 9.17) is 0 Å². The van der Waals surface area contributed by atoms with E-state index >= 15 is 0 Å². The highest BCUT2D eigenvalue weighted by Crippen LogP contribution is 2.19. The molecular weight excluding hydrogens is 136 g/mol. The van der Waals surface area contributed by atoms with Crippen LogP contribution < -0.4 is 0 Å². The zero-order valence-corrected chi connectivity index (χ0v) is 7.73. The highest BCUT2D eigenvalue weighted by atomic mass is 14.9. The molecule has 0 radical (unpaired) electrons. The van der Waals surface area contributed by atoms with Crippen LogP contribution in [0, 0.1) is 0 Å². The Bertz CT molecular complexity index is 230. The fraction of sp³-hybridized carbons (Fsp3) is 0.667. The van der Waals surface area contributed by atoms with E-state index in [0.29, 0.717) is 0 Å². The summed E-state index contributed by atoms with van der Waals surface area (Å²) in [5.74, 6) is 1.08. The van der Waals surface area contributed by atoms with Gasteiger partial charge in [-0.15, -0.1) is 0 Å². The molecule has 0 aromatic carbocycles. The highest BCUT2D eigenvalue weighted by molar-refractivity contribution is 5.11. The molecule has 1 aromatic rings. The van der Waals surface area contributed by atoms with Crippen LogP contribution in [0.1, 0.15) is 39.2 Å². The van der Waals surface area contributed by atoms with Gasteiger partial charge in [-0.05, 0) is 0 Å². The van der Waals surface area contributed by atoms with Crippen molar-refractivity contribution < 1.29 is 0 Å². The molecule has 0 saturated carbocycles. The summed E-state index contributed by atoms with van der Waals surface area (Å²) in [6.45, 7) is 8.64. The second-order valence-corrected chi connectivity index (χ2v) is 3.85. The minimum absolute atomic E-state index is 0.195. The van der Waals surface area contributed by atoms with Crippen molar-refractivity contribution in [2.45, 2.75) is 39.5 Å². The average molecular weight is 152 g/mol. The molecule has 0 fully saturated rings. The molecule has 0 unspecified atom stereocenters. The van der Waals surface area contributed by atoms with Crippen LogP contribution in [0.15, 0.2) is 6.20 Å². The molecule has 2 heteroatoms. The Labute approximate surface area is 68.0 Å². The number of aromatic amines is 1. The van der Waals surface area contributed by atoms with Crippen LogP contribution in [0.5, 0.6) is 0 Å². The minimum atomic E-state index is 0.195. The van der Waals surface area contributed by atoms with Crippen LogP contribution in [0.25, 0.3) is 0 Å². The van der Waals surface area contributed by atoms with Crippen LogP contribution in [-0.4, -0.2) is 9.97 Å². The van der Waals surface area contributed by atoms with Gasteiger partial charge >= 0.3 is 0 Å². The molecule has 1 aromatic heterocycles.